The minimum absolute atomic E-state index is 0. The maximum atomic E-state index is 6.62. The number of pyridine rings is 3. The van der Waals surface area contributed by atoms with Crippen LogP contribution in [-0.2, 0) is 20.4 Å². The number of para-hydroxylation sites is 4. The van der Waals surface area contributed by atoms with Gasteiger partial charge in [-0.3, -0.25) is 15.0 Å². The van der Waals surface area contributed by atoms with Gasteiger partial charge in [-0.05, 0) is 83.3 Å². The van der Waals surface area contributed by atoms with Crippen LogP contribution in [0.15, 0.2) is 128 Å². The van der Waals surface area contributed by atoms with E-state index in [9.17, 15) is 0 Å². The zero-order chi connectivity index (χ0) is 33.8. The molecular formula is C45H27N5OPd. The van der Waals surface area contributed by atoms with E-state index in [4.69, 9.17) is 14.7 Å². The molecule has 0 aliphatic carbocycles. The fourth-order valence-corrected chi connectivity index (χ4v) is 8.09. The molecule has 6 aromatic carbocycles. The van der Waals surface area contributed by atoms with Crippen molar-refractivity contribution in [2.24, 2.45) is 0 Å². The van der Waals surface area contributed by atoms with Crippen molar-refractivity contribution in [1.29, 1.82) is 0 Å². The maximum absolute atomic E-state index is 6.62. The fourth-order valence-electron chi connectivity index (χ4n) is 8.09. The van der Waals surface area contributed by atoms with Crippen LogP contribution < -0.4 is 4.74 Å². The van der Waals surface area contributed by atoms with Gasteiger partial charge in [0, 0.05) is 34.9 Å². The van der Waals surface area contributed by atoms with Gasteiger partial charge in [-0.15, -0.1) is 12.1 Å². The van der Waals surface area contributed by atoms with Gasteiger partial charge in [-0.1, -0.05) is 100 Å². The van der Waals surface area contributed by atoms with Gasteiger partial charge in [0.2, 0.25) is 0 Å². The zero-order valence-corrected chi connectivity index (χ0v) is 29.6. The molecule has 5 heterocycles. The molecule has 6 nitrogen and oxygen atoms in total. The van der Waals surface area contributed by atoms with E-state index < -0.39 is 0 Å². The van der Waals surface area contributed by atoms with E-state index in [1.165, 1.54) is 22.3 Å². The summed E-state index contributed by atoms with van der Waals surface area (Å²) in [5.74, 6) is 1.17. The Kier molecular flexibility index (Phi) is 6.75. The quantitative estimate of drug-likeness (QED) is 0.102. The SMILES string of the molecule is Cc1cccc(C)c1-c1cccc2c1c1ccc(Oc3[c-]c4c(cc3)c3cnccc3n3c5ccccc5nc43)[c-]c1c1nc3ccccc3n21.[Pd+2]. The van der Waals surface area contributed by atoms with E-state index in [1.54, 1.807) is 0 Å². The van der Waals surface area contributed by atoms with Gasteiger partial charge in [0.05, 0.1) is 33.4 Å². The second-order valence-electron chi connectivity index (χ2n) is 13.2. The summed E-state index contributed by atoms with van der Waals surface area (Å²) in [5.41, 5.74) is 12.7. The molecule has 248 valence electrons. The van der Waals surface area contributed by atoms with Crippen molar-refractivity contribution in [3.63, 3.8) is 0 Å². The molecule has 0 unspecified atom stereocenters. The summed E-state index contributed by atoms with van der Waals surface area (Å²) in [6.07, 6.45) is 3.74. The van der Waals surface area contributed by atoms with Crippen molar-refractivity contribution in [1.82, 2.24) is 23.8 Å². The standard InChI is InChI=1S/C45H27N5O.Pd/c1-26-9-7-10-27(2)42(26)32-11-8-16-41-43(32)31-20-18-29(24-34(31)45-48-37-13-4-6-15-40(37)50(41)45)51-28-17-19-30-33(23-28)44-47-36-12-3-5-14-39(36)49(44)38-21-22-46-25-35(30)38;/h3-22,25H,1-2H3;/q-2;+2. The summed E-state index contributed by atoms with van der Waals surface area (Å²) >= 11 is 0. The van der Waals surface area contributed by atoms with Crippen LogP contribution in [0.1, 0.15) is 11.1 Å². The summed E-state index contributed by atoms with van der Waals surface area (Å²) in [4.78, 5) is 14.7. The average molecular weight is 760 g/mol. The van der Waals surface area contributed by atoms with Crippen LogP contribution in [0, 0.1) is 26.0 Å². The monoisotopic (exact) mass is 759 g/mol. The Balaban J connectivity index is 0.00000338. The fraction of sp³-hybridized carbons (Fsp3) is 0.0444. The second kappa shape index (κ2) is 11.4. The van der Waals surface area contributed by atoms with E-state index in [2.05, 4.69) is 113 Å². The third-order valence-corrected chi connectivity index (χ3v) is 10.3. The Morgan fingerprint density at radius 2 is 1.12 bits per heavy atom. The molecule has 0 aliphatic rings. The first-order valence-electron chi connectivity index (χ1n) is 17.0. The zero-order valence-electron chi connectivity index (χ0n) is 28.1. The average Bonchev–Trinajstić information content (AvgIpc) is 3.75. The summed E-state index contributed by atoms with van der Waals surface area (Å²) in [6.45, 7) is 4.37. The van der Waals surface area contributed by atoms with Crippen molar-refractivity contribution in [3.8, 4) is 22.6 Å². The number of rotatable bonds is 3. The topological polar surface area (TPSA) is 56.7 Å². The van der Waals surface area contributed by atoms with Gasteiger partial charge >= 0.3 is 20.4 Å². The third kappa shape index (κ3) is 4.30. The number of benzene rings is 6. The van der Waals surface area contributed by atoms with Crippen molar-refractivity contribution >= 4 is 76.7 Å². The van der Waals surface area contributed by atoms with Crippen molar-refractivity contribution in [2.45, 2.75) is 13.8 Å². The molecule has 52 heavy (non-hydrogen) atoms. The number of ether oxygens (including phenoxy) is 1. The van der Waals surface area contributed by atoms with E-state index >= 15 is 0 Å². The van der Waals surface area contributed by atoms with Crippen molar-refractivity contribution in [3.05, 3.63) is 151 Å². The molecular weight excluding hydrogens is 733 g/mol. The molecule has 5 aromatic heterocycles. The Labute approximate surface area is 311 Å². The van der Waals surface area contributed by atoms with Crippen LogP contribution in [-0.4, -0.2) is 23.8 Å². The summed E-state index contributed by atoms with van der Waals surface area (Å²) in [6, 6.07) is 47.1. The molecule has 0 aliphatic heterocycles. The Bertz CT molecular complexity index is 3250. The van der Waals surface area contributed by atoms with E-state index in [-0.39, 0.29) is 20.4 Å². The molecule has 0 N–H and O–H groups in total. The summed E-state index contributed by atoms with van der Waals surface area (Å²) in [7, 11) is 0. The number of aromatic nitrogens is 5. The predicted molar refractivity (Wildman–Crippen MR) is 206 cm³/mol. The summed E-state index contributed by atoms with van der Waals surface area (Å²) in [5, 5.41) is 6.06. The van der Waals surface area contributed by atoms with Crippen LogP contribution in [0.5, 0.6) is 11.5 Å². The number of hydrogen-bond acceptors (Lipinski definition) is 4. The Hall–Kier alpha value is -6.13. The molecule has 0 amide bonds. The first-order valence-corrected chi connectivity index (χ1v) is 17.0. The van der Waals surface area contributed by atoms with Crippen molar-refractivity contribution in [2.75, 3.05) is 0 Å². The van der Waals surface area contributed by atoms with Gasteiger partial charge < -0.3 is 13.5 Å². The van der Waals surface area contributed by atoms with Gasteiger partial charge in [-0.25, -0.2) is 0 Å². The third-order valence-electron chi connectivity index (χ3n) is 10.3. The normalized spacial score (nSPS) is 11.9. The molecule has 0 bridgehead atoms. The predicted octanol–water partition coefficient (Wildman–Crippen LogP) is 11.0. The summed E-state index contributed by atoms with van der Waals surface area (Å²) < 4.78 is 11.1. The maximum Gasteiger partial charge on any atom is 2.00 e. The molecule has 0 saturated carbocycles. The molecule has 0 saturated heterocycles. The first-order chi connectivity index (χ1) is 25.1. The van der Waals surface area contributed by atoms with Gasteiger partial charge in [0.1, 0.15) is 0 Å². The van der Waals surface area contributed by atoms with Gasteiger partial charge in [0.25, 0.3) is 0 Å². The second-order valence-corrected chi connectivity index (χ2v) is 13.2. The van der Waals surface area contributed by atoms with Gasteiger partial charge in [-0.2, -0.15) is 0 Å². The van der Waals surface area contributed by atoms with Crippen molar-refractivity contribution < 1.29 is 25.2 Å². The number of aryl methyl sites for hydroxylation is 2. The number of fused-ring (bicyclic) bond motifs is 16. The molecule has 0 spiro atoms. The number of hydrogen-bond donors (Lipinski definition) is 0. The molecule has 7 heteroatoms. The molecule has 0 atom stereocenters. The van der Waals surface area contributed by atoms with E-state index in [0.717, 1.165) is 76.7 Å². The smallest absolute Gasteiger partial charge is 0.497 e. The van der Waals surface area contributed by atoms with Crippen LogP contribution in [0.25, 0.3) is 87.8 Å². The minimum atomic E-state index is 0. The largest absolute Gasteiger partial charge is 2.00 e. The molecule has 0 radical (unpaired) electrons. The van der Waals surface area contributed by atoms with Crippen LogP contribution in [0.3, 0.4) is 0 Å². The molecule has 11 rings (SSSR count). The molecule has 11 aromatic rings. The van der Waals surface area contributed by atoms with Crippen LogP contribution in [0.4, 0.5) is 0 Å². The minimum Gasteiger partial charge on any atom is -0.497 e. The van der Waals surface area contributed by atoms with E-state index in [0.29, 0.717) is 11.5 Å². The number of nitrogens with zero attached hydrogens (tertiary/aromatic N) is 5. The Morgan fingerprint density at radius 3 is 1.81 bits per heavy atom. The van der Waals surface area contributed by atoms with Gasteiger partial charge in [0.15, 0.2) is 0 Å². The first kappa shape index (κ1) is 30.7. The molecule has 0 fully saturated rings. The van der Waals surface area contributed by atoms with E-state index in [1.807, 2.05) is 54.9 Å². The van der Waals surface area contributed by atoms with Crippen LogP contribution in [0.2, 0.25) is 0 Å². The Morgan fingerprint density at radius 1 is 0.538 bits per heavy atom. The number of imidazole rings is 2. The van der Waals surface area contributed by atoms with Crippen LogP contribution >= 0.6 is 0 Å².